The second kappa shape index (κ2) is 5.01. The molecule has 3 aromatic rings. The molecule has 1 heterocycles. The Morgan fingerprint density at radius 3 is 2.48 bits per heavy atom. The Morgan fingerprint density at radius 1 is 1.00 bits per heavy atom. The second-order valence-electron chi connectivity index (χ2n) is 4.96. The summed E-state index contributed by atoms with van der Waals surface area (Å²) >= 11 is 0. The number of halogens is 1. The lowest BCUT2D eigenvalue weighted by atomic mass is 10.1. The quantitative estimate of drug-likeness (QED) is 0.727. The van der Waals surface area contributed by atoms with E-state index in [2.05, 4.69) is 10.1 Å². The van der Waals surface area contributed by atoms with Crippen LogP contribution in [0, 0.1) is 19.7 Å². The summed E-state index contributed by atoms with van der Waals surface area (Å²) < 4.78 is 18.8. The van der Waals surface area contributed by atoms with E-state index in [1.165, 1.54) is 6.07 Å². The summed E-state index contributed by atoms with van der Waals surface area (Å²) in [7, 11) is 0. The van der Waals surface area contributed by atoms with Gasteiger partial charge in [0.2, 0.25) is 5.82 Å². The van der Waals surface area contributed by atoms with E-state index in [-0.39, 0.29) is 5.82 Å². The van der Waals surface area contributed by atoms with Crippen molar-refractivity contribution >= 4 is 5.69 Å². The molecule has 0 spiro atoms. The third-order valence-electron chi connectivity index (χ3n) is 3.37. The van der Waals surface area contributed by atoms with Crippen molar-refractivity contribution in [3.05, 3.63) is 53.3 Å². The highest BCUT2D eigenvalue weighted by atomic mass is 19.1. The number of aryl methyl sites for hydroxylation is 2. The first kappa shape index (κ1) is 13.3. The number of aromatic nitrogens is 2. The molecule has 5 heteroatoms. The average molecular weight is 283 g/mol. The molecule has 0 unspecified atom stereocenters. The monoisotopic (exact) mass is 283 g/mol. The lowest BCUT2D eigenvalue weighted by Gasteiger charge is -2.00. The minimum Gasteiger partial charge on any atom is -0.399 e. The van der Waals surface area contributed by atoms with Gasteiger partial charge in [-0.25, -0.2) is 4.39 Å². The summed E-state index contributed by atoms with van der Waals surface area (Å²) in [6, 6.07) is 10.3. The average Bonchev–Trinajstić information content (AvgIpc) is 2.94. The zero-order chi connectivity index (χ0) is 15.0. The van der Waals surface area contributed by atoms with Gasteiger partial charge < -0.3 is 10.3 Å². The number of rotatable bonds is 2. The molecule has 0 amide bonds. The molecule has 0 radical (unpaired) electrons. The first-order valence-corrected chi connectivity index (χ1v) is 6.51. The van der Waals surface area contributed by atoms with Crippen molar-refractivity contribution in [3.8, 4) is 22.8 Å². The molecule has 2 N–H and O–H groups in total. The molecule has 0 fully saturated rings. The fraction of sp³-hybridized carbons (Fsp3) is 0.125. The van der Waals surface area contributed by atoms with Crippen LogP contribution in [0.5, 0.6) is 0 Å². The lowest BCUT2D eigenvalue weighted by molar-refractivity contribution is 0.432. The highest BCUT2D eigenvalue weighted by Gasteiger charge is 2.12. The molecule has 1 aromatic heterocycles. The summed E-state index contributed by atoms with van der Waals surface area (Å²) in [4.78, 5) is 4.31. The van der Waals surface area contributed by atoms with Gasteiger partial charge in [0.25, 0.3) is 5.89 Å². The number of hydrogen-bond donors (Lipinski definition) is 1. The Hall–Kier alpha value is -2.69. The maximum absolute atomic E-state index is 13.6. The highest BCUT2D eigenvalue weighted by molar-refractivity contribution is 5.63. The summed E-state index contributed by atoms with van der Waals surface area (Å²) in [6.07, 6.45) is 0. The van der Waals surface area contributed by atoms with Crippen LogP contribution in [0.2, 0.25) is 0 Å². The SMILES string of the molecule is Cc1cc(-c2nc(-c3ccc(C)c(F)c3)no2)ccc1N. The zero-order valence-electron chi connectivity index (χ0n) is 11.7. The van der Waals surface area contributed by atoms with Crippen molar-refractivity contribution in [2.75, 3.05) is 5.73 Å². The first-order chi connectivity index (χ1) is 10.0. The molecule has 0 aliphatic heterocycles. The third kappa shape index (κ3) is 2.50. The topological polar surface area (TPSA) is 64.9 Å². The van der Waals surface area contributed by atoms with Crippen LogP contribution in [0.4, 0.5) is 10.1 Å². The van der Waals surface area contributed by atoms with Crippen molar-refractivity contribution in [1.29, 1.82) is 0 Å². The van der Waals surface area contributed by atoms with Gasteiger partial charge in [0, 0.05) is 16.8 Å². The van der Waals surface area contributed by atoms with Gasteiger partial charge >= 0.3 is 0 Å². The van der Waals surface area contributed by atoms with Crippen LogP contribution in [0.15, 0.2) is 40.9 Å². The first-order valence-electron chi connectivity index (χ1n) is 6.51. The minimum atomic E-state index is -0.290. The van der Waals surface area contributed by atoms with E-state index in [9.17, 15) is 4.39 Å². The summed E-state index contributed by atoms with van der Waals surface area (Å²) in [5.41, 5.74) is 9.38. The van der Waals surface area contributed by atoms with Crippen molar-refractivity contribution in [1.82, 2.24) is 10.1 Å². The maximum Gasteiger partial charge on any atom is 0.258 e. The van der Waals surface area contributed by atoms with Crippen LogP contribution in [0.1, 0.15) is 11.1 Å². The number of anilines is 1. The van der Waals surface area contributed by atoms with Crippen LogP contribution in [0.25, 0.3) is 22.8 Å². The van der Waals surface area contributed by atoms with Gasteiger partial charge in [-0.2, -0.15) is 4.98 Å². The Bertz CT molecular complexity index is 745. The maximum atomic E-state index is 13.6. The molecule has 0 atom stereocenters. The normalized spacial score (nSPS) is 10.8. The molecule has 0 bridgehead atoms. The van der Waals surface area contributed by atoms with E-state index in [1.54, 1.807) is 25.1 Å². The van der Waals surface area contributed by atoms with E-state index in [0.717, 1.165) is 11.1 Å². The fourth-order valence-electron chi connectivity index (χ4n) is 2.00. The lowest BCUT2D eigenvalue weighted by Crippen LogP contribution is -1.89. The minimum absolute atomic E-state index is 0.290. The van der Waals surface area contributed by atoms with Crippen LogP contribution in [-0.2, 0) is 0 Å². The third-order valence-corrected chi connectivity index (χ3v) is 3.37. The highest BCUT2D eigenvalue weighted by Crippen LogP contribution is 2.25. The number of nitrogens with zero attached hydrogens (tertiary/aromatic N) is 2. The van der Waals surface area contributed by atoms with Gasteiger partial charge in [-0.15, -0.1) is 0 Å². The standard InChI is InChI=1S/C16H14FN3O/c1-9-3-4-11(8-13(9)17)15-19-16(21-20-15)12-5-6-14(18)10(2)7-12/h3-8H,18H2,1-2H3. The van der Waals surface area contributed by atoms with Crippen molar-refractivity contribution in [2.45, 2.75) is 13.8 Å². The predicted molar refractivity (Wildman–Crippen MR) is 79.0 cm³/mol. The molecule has 21 heavy (non-hydrogen) atoms. The fourth-order valence-corrected chi connectivity index (χ4v) is 2.00. The predicted octanol–water partition coefficient (Wildman–Crippen LogP) is 3.74. The second-order valence-corrected chi connectivity index (χ2v) is 4.96. The summed E-state index contributed by atoms with van der Waals surface area (Å²) in [5, 5.41) is 3.90. The molecular formula is C16H14FN3O. The van der Waals surface area contributed by atoms with Crippen molar-refractivity contribution < 1.29 is 8.91 Å². The number of hydrogen-bond acceptors (Lipinski definition) is 4. The van der Waals surface area contributed by atoms with Gasteiger partial charge in [-0.05, 0) is 49.2 Å². The summed E-state index contributed by atoms with van der Waals surface area (Å²) in [6.45, 7) is 3.61. The number of benzene rings is 2. The van der Waals surface area contributed by atoms with Gasteiger partial charge in [-0.1, -0.05) is 17.3 Å². The smallest absolute Gasteiger partial charge is 0.258 e. The van der Waals surface area contributed by atoms with E-state index in [0.29, 0.717) is 28.5 Å². The van der Waals surface area contributed by atoms with Crippen LogP contribution < -0.4 is 5.73 Å². The van der Waals surface area contributed by atoms with Gasteiger partial charge in [0.05, 0.1) is 0 Å². The molecule has 106 valence electrons. The van der Waals surface area contributed by atoms with Crippen molar-refractivity contribution in [3.63, 3.8) is 0 Å². The Balaban J connectivity index is 1.99. The Labute approximate surface area is 121 Å². The molecule has 0 aliphatic carbocycles. The molecule has 0 saturated heterocycles. The molecule has 3 rings (SSSR count). The molecule has 0 aliphatic rings. The largest absolute Gasteiger partial charge is 0.399 e. The summed E-state index contributed by atoms with van der Waals surface area (Å²) in [5.74, 6) is 0.453. The van der Waals surface area contributed by atoms with Crippen molar-refractivity contribution in [2.24, 2.45) is 0 Å². The van der Waals surface area contributed by atoms with Crippen LogP contribution >= 0.6 is 0 Å². The van der Waals surface area contributed by atoms with E-state index in [1.807, 2.05) is 19.1 Å². The Kier molecular flexibility index (Phi) is 3.17. The zero-order valence-corrected chi connectivity index (χ0v) is 11.7. The van der Waals surface area contributed by atoms with Gasteiger partial charge in [-0.3, -0.25) is 0 Å². The number of nitrogen functional groups attached to an aromatic ring is 1. The van der Waals surface area contributed by atoms with E-state index < -0.39 is 0 Å². The molecule has 4 nitrogen and oxygen atoms in total. The van der Waals surface area contributed by atoms with E-state index in [4.69, 9.17) is 10.3 Å². The van der Waals surface area contributed by atoms with E-state index >= 15 is 0 Å². The van der Waals surface area contributed by atoms with Gasteiger partial charge in [0.15, 0.2) is 0 Å². The Morgan fingerprint density at radius 2 is 1.76 bits per heavy atom. The molecular weight excluding hydrogens is 269 g/mol. The van der Waals surface area contributed by atoms with Crippen LogP contribution in [-0.4, -0.2) is 10.1 Å². The molecule has 2 aromatic carbocycles. The number of nitrogens with two attached hydrogens (primary N) is 1. The van der Waals surface area contributed by atoms with Crippen LogP contribution in [0.3, 0.4) is 0 Å². The molecule has 0 saturated carbocycles. The van der Waals surface area contributed by atoms with Gasteiger partial charge in [0.1, 0.15) is 5.82 Å².